The minimum absolute atomic E-state index is 0.0491. The fraction of sp³-hybridized carbons (Fsp3) is 0.167. The number of aromatic carboxylic acids is 1. The van der Waals surface area contributed by atoms with Gasteiger partial charge in [-0.25, -0.2) is 14.6 Å². The van der Waals surface area contributed by atoms with E-state index in [1.54, 1.807) is 7.05 Å². The molecule has 3 N–H and O–H groups in total. The predicted octanol–water partition coefficient (Wildman–Crippen LogP) is 1.82. The van der Waals surface area contributed by atoms with Crippen LogP contribution < -0.4 is 5.32 Å². The molecule has 2 rings (SSSR count). The molecule has 0 aliphatic carbocycles. The molecule has 0 spiro atoms. The van der Waals surface area contributed by atoms with Gasteiger partial charge in [0.1, 0.15) is 12.2 Å². The van der Waals surface area contributed by atoms with Crippen LogP contribution in [0.1, 0.15) is 16.2 Å². The van der Waals surface area contributed by atoms with E-state index in [9.17, 15) is 9.59 Å². The molecule has 8 nitrogen and oxygen atoms in total. The Bertz CT molecular complexity index is 659. The van der Waals surface area contributed by atoms with Crippen molar-refractivity contribution >= 4 is 29.3 Å². The van der Waals surface area contributed by atoms with Crippen molar-refractivity contribution in [3.8, 4) is 0 Å². The molecule has 0 radical (unpaired) electrons. The van der Waals surface area contributed by atoms with Crippen molar-refractivity contribution in [3.05, 3.63) is 40.9 Å². The molecule has 0 saturated carbocycles. The first-order chi connectivity index (χ1) is 9.97. The Morgan fingerprint density at radius 2 is 2.24 bits per heavy atom. The average Bonchev–Trinajstić information content (AvgIpc) is 2.93. The lowest BCUT2D eigenvalue weighted by molar-refractivity contribution is 0.0697. The highest BCUT2D eigenvalue weighted by Gasteiger charge is 2.13. The first-order valence-corrected chi connectivity index (χ1v) is 6.24. The summed E-state index contributed by atoms with van der Waals surface area (Å²) in [5.41, 5.74) is 0.379. The van der Waals surface area contributed by atoms with Crippen LogP contribution in [0.4, 0.5) is 10.5 Å². The van der Waals surface area contributed by atoms with Gasteiger partial charge >= 0.3 is 12.0 Å². The Balaban J connectivity index is 2.03. The third-order valence-electron chi connectivity index (χ3n) is 2.66. The number of amides is 2. The van der Waals surface area contributed by atoms with E-state index in [0.29, 0.717) is 11.5 Å². The molecular weight excluding hydrogens is 298 g/mol. The van der Waals surface area contributed by atoms with E-state index in [-0.39, 0.29) is 17.1 Å². The number of rotatable bonds is 4. The number of aromatic amines is 1. The minimum Gasteiger partial charge on any atom is -0.478 e. The summed E-state index contributed by atoms with van der Waals surface area (Å²) in [7, 11) is 1.58. The van der Waals surface area contributed by atoms with Crippen LogP contribution in [0.15, 0.2) is 24.5 Å². The summed E-state index contributed by atoms with van der Waals surface area (Å²) in [5, 5.41) is 17.9. The number of nitrogens with zero attached hydrogens (tertiary/aromatic N) is 3. The highest BCUT2D eigenvalue weighted by atomic mass is 35.5. The zero-order valence-corrected chi connectivity index (χ0v) is 11.8. The molecular formula is C12H12ClN5O3. The molecule has 0 unspecified atom stereocenters. The Kier molecular flexibility index (Phi) is 4.39. The molecule has 1 aromatic carbocycles. The second-order valence-electron chi connectivity index (χ2n) is 4.22. The Morgan fingerprint density at radius 3 is 2.81 bits per heavy atom. The number of H-pyrrole nitrogens is 1. The minimum atomic E-state index is -1.09. The summed E-state index contributed by atoms with van der Waals surface area (Å²) in [5.74, 6) is -0.544. The second-order valence-corrected chi connectivity index (χ2v) is 4.63. The largest absolute Gasteiger partial charge is 0.478 e. The summed E-state index contributed by atoms with van der Waals surface area (Å²) < 4.78 is 0. The molecule has 0 fully saturated rings. The maximum Gasteiger partial charge on any atom is 0.335 e. The van der Waals surface area contributed by atoms with E-state index < -0.39 is 12.0 Å². The van der Waals surface area contributed by atoms with Crippen molar-refractivity contribution in [2.75, 3.05) is 12.4 Å². The van der Waals surface area contributed by atoms with Crippen LogP contribution >= 0.6 is 11.6 Å². The summed E-state index contributed by atoms with van der Waals surface area (Å²) in [6.07, 6.45) is 1.35. The van der Waals surface area contributed by atoms with Gasteiger partial charge in [0.2, 0.25) is 0 Å². The second kappa shape index (κ2) is 6.23. The van der Waals surface area contributed by atoms with Gasteiger partial charge in [0, 0.05) is 7.05 Å². The van der Waals surface area contributed by atoms with Crippen LogP contribution in [0.25, 0.3) is 0 Å². The zero-order valence-electron chi connectivity index (χ0n) is 11.0. The Morgan fingerprint density at radius 1 is 1.48 bits per heavy atom. The molecule has 0 saturated heterocycles. The number of hydrogen-bond donors (Lipinski definition) is 3. The maximum absolute atomic E-state index is 12.0. The molecule has 2 aromatic rings. The number of aromatic nitrogens is 3. The van der Waals surface area contributed by atoms with E-state index in [4.69, 9.17) is 16.7 Å². The Labute approximate surface area is 124 Å². The predicted molar refractivity (Wildman–Crippen MR) is 75.3 cm³/mol. The SMILES string of the molecule is CN(Cc1ncn[nH]1)C(=O)Nc1ccc(C(=O)O)cc1Cl. The van der Waals surface area contributed by atoms with Crippen molar-refractivity contribution in [1.29, 1.82) is 0 Å². The van der Waals surface area contributed by atoms with Gasteiger partial charge in [-0.3, -0.25) is 5.10 Å². The van der Waals surface area contributed by atoms with Crippen LogP contribution in [-0.4, -0.2) is 44.2 Å². The average molecular weight is 310 g/mol. The molecule has 0 atom stereocenters. The zero-order chi connectivity index (χ0) is 15.4. The molecule has 0 aliphatic rings. The number of carbonyl (C=O) groups is 2. The van der Waals surface area contributed by atoms with Gasteiger partial charge < -0.3 is 15.3 Å². The lowest BCUT2D eigenvalue weighted by atomic mass is 10.2. The van der Waals surface area contributed by atoms with Gasteiger partial charge in [-0.15, -0.1) is 0 Å². The van der Waals surface area contributed by atoms with E-state index in [1.165, 1.54) is 29.4 Å². The molecule has 1 heterocycles. The van der Waals surface area contributed by atoms with Crippen LogP contribution in [0.5, 0.6) is 0 Å². The lowest BCUT2D eigenvalue weighted by Crippen LogP contribution is -2.31. The quantitative estimate of drug-likeness (QED) is 0.797. The number of urea groups is 1. The van der Waals surface area contributed by atoms with Gasteiger partial charge in [-0.2, -0.15) is 5.10 Å². The number of halogens is 1. The topological polar surface area (TPSA) is 111 Å². The molecule has 21 heavy (non-hydrogen) atoms. The first-order valence-electron chi connectivity index (χ1n) is 5.86. The number of carboxylic acids is 1. The van der Waals surface area contributed by atoms with Crippen LogP contribution in [-0.2, 0) is 6.54 Å². The van der Waals surface area contributed by atoms with Crippen molar-refractivity contribution < 1.29 is 14.7 Å². The van der Waals surface area contributed by atoms with Crippen LogP contribution in [0.2, 0.25) is 5.02 Å². The van der Waals surface area contributed by atoms with Gasteiger partial charge in [0.15, 0.2) is 0 Å². The highest BCUT2D eigenvalue weighted by Crippen LogP contribution is 2.23. The van der Waals surface area contributed by atoms with Crippen molar-refractivity contribution in [2.45, 2.75) is 6.54 Å². The molecule has 0 bridgehead atoms. The van der Waals surface area contributed by atoms with Gasteiger partial charge in [0.05, 0.1) is 22.8 Å². The summed E-state index contributed by atoms with van der Waals surface area (Å²) in [6.45, 7) is 0.247. The van der Waals surface area contributed by atoms with Crippen LogP contribution in [0.3, 0.4) is 0 Å². The summed E-state index contributed by atoms with van der Waals surface area (Å²) >= 11 is 5.94. The third-order valence-corrected chi connectivity index (χ3v) is 2.97. The summed E-state index contributed by atoms with van der Waals surface area (Å²) in [4.78, 5) is 28.1. The smallest absolute Gasteiger partial charge is 0.335 e. The van der Waals surface area contributed by atoms with E-state index in [1.807, 2.05) is 0 Å². The van der Waals surface area contributed by atoms with E-state index >= 15 is 0 Å². The number of nitrogens with one attached hydrogen (secondary N) is 2. The first kappa shape index (κ1) is 14.8. The fourth-order valence-corrected chi connectivity index (χ4v) is 1.79. The molecule has 9 heteroatoms. The normalized spacial score (nSPS) is 10.2. The highest BCUT2D eigenvalue weighted by molar-refractivity contribution is 6.34. The lowest BCUT2D eigenvalue weighted by Gasteiger charge is -2.17. The molecule has 0 aliphatic heterocycles. The molecule has 2 amide bonds. The number of carbonyl (C=O) groups excluding carboxylic acids is 1. The number of anilines is 1. The molecule has 110 valence electrons. The van der Waals surface area contributed by atoms with Gasteiger partial charge in [0.25, 0.3) is 0 Å². The number of carboxylic acid groups (broad SMARTS) is 1. The number of benzene rings is 1. The number of hydrogen-bond acceptors (Lipinski definition) is 4. The van der Waals surface area contributed by atoms with Crippen molar-refractivity contribution in [3.63, 3.8) is 0 Å². The van der Waals surface area contributed by atoms with Crippen molar-refractivity contribution in [2.24, 2.45) is 0 Å². The van der Waals surface area contributed by atoms with Crippen molar-refractivity contribution in [1.82, 2.24) is 20.1 Å². The van der Waals surface area contributed by atoms with E-state index in [0.717, 1.165) is 0 Å². The molecule has 1 aromatic heterocycles. The fourth-order valence-electron chi connectivity index (χ4n) is 1.56. The van der Waals surface area contributed by atoms with Crippen LogP contribution in [0, 0.1) is 0 Å². The van der Waals surface area contributed by atoms with Gasteiger partial charge in [-0.05, 0) is 18.2 Å². The van der Waals surface area contributed by atoms with E-state index in [2.05, 4.69) is 20.5 Å². The third kappa shape index (κ3) is 3.69. The standard InChI is InChI=1S/C12H12ClN5O3/c1-18(5-10-14-6-15-17-10)12(21)16-9-3-2-7(11(19)20)4-8(9)13/h2-4,6H,5H2,1H3,(H,16,21)(H,19,20)(H,14,15,17). The van der Waals surface area contributed by atoms with Gasteiger partial charge in [-0.1, -0.05) is 11.6 Å². The summed E-state index contributed by atoms with van der Waals surface area (Å²) in [6, 6.07) is 3.67. The Hall–Kier alpha value is -2.61. The maximum atomic E-state index is 12.0. The monoisotopic (exact) mass is 309 g/mol.